The van der Waals surface area contributed by atoms with Crippen molar-refractivity contribution in [3.05, 3.63) is 58.9 Å². The average Bonchev–Trinajstić information content (AvgIpc) is 2.72. The molecule has 0 nitrogen and oxygen atoms in total. The Morgan fingerprint density at radius 2 is 1.25 bits per heavy atom. The normalized spacial score (nSPS) is 16.8. The molecule has 1 aliphatic rings. The van der Waals surface area contributed by atoms with Gasteiger partial charge in [-0.05, 0) is 0 Å². The monoisotopic (exact) mass is 254 g/mol. The average molecular weight is 254 g/mol. The molecule has 0 heterocycles. The number of benzene rings is 1. The third-order valence-corrected chi connectivity index (χ3v) is 6.67. The van der Waals surface area contributed by atoms with Crippen LogP contribution >= 0.6 is 0 Å². The van der Waals surface area contributed by atoms with Gasteiger partial charge in [0.25, 0.3) is 0 Å². The number of allylic oxidation sites excluding steroid dienone is 4. The van der Waals surface area contributed by atoms with Gasteiger partial charge in [0, 0.05) is 0 Å². The molecule has 0 radical (unpaired) electrons. The van der Waals surface area contributed by atoms with E-state index in [0.717, 1.165) is 0 Å². The molecule has 1 aromatic carbocycles. The maximum atomic E-state index is 2.46. The number of rotatable bonds is 1. The minimum Gasteiger partial charge on any atom is -0.0623 e. The van der Waals surface area contributed by atoms with Gasteiger partial charge in [0.05, 0.1) is 0 Å². The van der Waals surface area contributed by atoms with Crippen molar-refractivity contribution >= 4 is 0 Å². The molecule has 1 aliphatic carbocycles. The number of hydrogen-bond donors (Lipinski definition) is 0. The van der Waals surface area contributed by atoms with Gasteiger partial charge in [-0.25, -0.2) is 0 Å². The van der Waals surface area contributed by atoms with E-state index in [2.05, 4.69) is 40.8 Å². The quantitative estimate of drug-likeness (QED) is 0.629. The van der Waals surface area contributed by atoms with Crippen LogP contribution in [0.4, 0.5) is 0 Å². The van der Waals surface area contributed by atoms with Gasteiger partial charge in [-0.3, -0.25) is 0 Å². The van der Waals surface area contributed by atoms with Gasteiger partial charge in [-0.1, -0.05) is 36.4 Å². The summed E-state index contributed by atoms with van der Waals surface area (Å²) in [6, 6.07) is 12.0. The molecule has 16 heavy (non-hydrogen) atoms. The Bertz CT molecular complexity index is 341. The molecule has 0 fully saturated rings. The minimum atomic E-state index is -1.89. The standard InChI is InChI=1S/C6H6.C5H5.4CH3.V/c1-2-4-6-5-3-1;1-2-4-5-3-1;;;;;/h1-6H;1-3H,4H2;4*1H3;. The van der Waals surface area contributed by atoms with Crippen LogP contribution in [0.2, 0.25) is 22.5 Å². The molecule has 2 rings (SSSR count). The Labute approximate surface area is 101 Å². The third-order valence-electron chi connectivity index (χ3n) is 2.57. The van der Waals surface area contributed by atoms with E-state index in [1.807, 2.05) is 36.4 Å². The van der Waals surface area contributed by atoms with Crippen molar-refractivity contribution in [1.29, 1.82) is 0 Å². The van der Waals surface area contributed by atoms with Crippen LogP contribution in [0.25, 0.3) is 0 Å². The summed E-state index contributed by atoms with van der Waals surface area (Å²) in [4.78, 5) is 0. The zero-order chi connectivity index (χ0) is 12.1. The Kier molecular flexibility index (Phi) is 4.24. The van der Waals surface area contributed by atoms with Crippen molar-refractivity contribution in [3.63, 3.8) is 0 Å². The number of hydrogen-bond acceptors (Lipinski definition) is 0. The van der Waals surface area contributed by atoms with E-state index in [4.69, 9.17) is 0 Å². The smallest absolute Gasteiger partial charge is 0.0623 e. The van der Waals surface area contributed by atoms with Crippen LogP contribution in [0.3, 0.4) is 0 Å². The minimum absolute atomic E-state index is 1.21. The largest absolute Gasteiger partial charge is 0.0623 e. The van der Waals surface area contributed by atoms with Crippen molar-refractivity contribution in [2.75, 3.05) is 0 Å². The summed E-state index contributed by atoms with van der Waals surface area (Å²) in [7, 11) is 0. The van der Waals surface area contributed by atoms with Gasteiger partial charge in [-0.15, -0.1) is 0 Å². The second-order valence-electron chi connectivity index (χ2n) is 6.02. The van der Waals surface area contributed by atoms with Gasteiger partial charge in [0.15, 0.2) is 0 Å². The molecular formula is C15H23V. The summed E-state index contributed by atoms with van der Waals surface area (Å²) in [5.41, 5.74) is 9.82. The first-order valence-electron chi connectivity index (χ1n) is 5.73. The second-order valence-corrected chi connectivity index (χ2v) is 18.1. The molecule has 0 aliphatic heterocycles. The van der Waals surface area contributed by atoms with E-state index < -0.39 is 12.9 Å². The summed E-state index contributed by atoms with van der Waals surface area (Å²) in [6.07, 6.45) is 7.97. The fraction of sp³-hybridized carbons (Fsp3) is 0.333. The Morgan fingerprint density at radius 1 is 0.812 bits per heavy atom. The molecule has 1 heteroatoms. The third kappa shape index (κ3) is 4.87. The molecular weight excluding hydrogens is 231 g/mol. The first-order chi connectivity index (χ1) is 7.36. The fourth-order valence-electron chi connectivity index (χ4n) is 1.48. The van der Waals surface area contributed by atoms with Crippen molar-refractivity contribution in [2.24, 2.45) is 0 Å². The van der Waals surface area contributed by atoms with Crippen LogP contribution < -0.4 is 0 Å². The van der Waals surface area contributed by atoms with E-state index in [9.17, 15) is 0 Å². The topological polar surface area (TPSA) is 0 Å². The maximum absolute atomic E-state index is 2.46. The molecule has 0 amide bonds. The molecule has 0 unspecified atom stereocenters. The SMILES string of the molecule is [CH3][V]([CH3])([CH3])([CH3])[C]1=CC=CC1.c1ccccc1. The zero-order valence-corrected chi connectivity index (χ0v) is 12.2. The van der Waals surface area contributed by atoms with Crippen LogP contribution in [0, 0.1) is 0 Å². The Morgan fingerprint density at radius 3 is 1.44 bits per heavy atom. The van der Waals surface area contributed by atoms with Crippen LogP contribution in [-0.2, 0) is 12.9 Å². The summed E-state index contributed by atoms with van der Waals surface area (Å²) in [5.74, 6) is 0. The molecule has 0 atom stereocenters. The summed E-state index contributed by atoms with van der Waals surface area (Å²) in [5, 5.41) is 0. The molecule has 0 N–H and O–H groups in total. The first kappa shape index (κ1) is 13.3. The van der Waals surface area contributed by atoms with E-state index in [1.54, 1.807) is 4.28 Å². The second kappa shape index (κ2) is 5.08. The fourth-order valence-corrected chi connectivity index (χ4v) is 3.85. The van der Waals surface area contributed by atoms with Gasteiger partial charge in [0.1, 0.15) is 0 Å². The zero-order valence-electron chi connectivity index (χ0n) is 10.9. The molecule has 0 saturated heterocycles. The Balaban J connectivity index is 0.000000181. The van der Waals surface area contributed by atoms with E-state index in [1.165, 1.54) is 6.42 Å². The van der Waals surface area contributed by atoms with Crippen molar-refractivity contribution < 1.29 is 12.9 Å². The van der Waals surface area contributed by atoms with Gasteiger partial charge >= 0.3 is 64.4 Å². The molecule has 0 spiro atoms. The van der Waals surface area contributed by atoms with Crippen LogP contribution in [0.15, 0.2) is 58.9 Å². The van der Waals surface area contributed by atoms with Gasteiger partial charge < -0.3 is 0 Å². The van der Waals surface area contributed by atoms with Crippen LogP contribution in [-0.4, -0.2) is 0 Å². The molecule has 0 aromatic heterocycles. The van der Waals surface area contributed by atoms with E-state index >= 15 is 0 Å². The molecule has 0 bridgehead atoms. The summed E-state index contributed by atoms with van der Waals surface area (Å²) in [6.45, 7) is 0. The predicted molar refractivity (Wildman–Crippen MR) is 71.7 cm³/mol. The first-order valence-corrected chi connectivity index (χ1v) is 12.0. The maximum Gasteiger partial charge on any atom is -0.0623 e. The van der Waals surface area contributed by atoms with E-state index in [0.29, 0.717) is 0 Å². The van der Waals surface area contributed by atoms with E-state index in [-0.39, 0.29) is 0 Å². The van der Waals surface area contributed by atoms with Crippen molar-refractivity contribution in [1.82, 2.24) is 0 Å². The summed E-state index contributed by atoms with van der Waals surface area (Å²) >= 11 is -1.89. The predicted octanol–water partition coefficient (Wildman–Crippen LogP) is 5.40. The van der Waals surface area contributed by atoms with Crippen molar-refractivity contribution in [2.45, 2.75) is 29.0 Å². The van der Waals surface area contributed by atoms with Crippen LogP contribution in [0.5, 0.6) is 0 Å². The van der Waals surface area contributed by atoms with Gasteiger partial charge in [0.2, 0.25) is 0 Å². The van der Waals surface area contributed by atoms with Crippen LogP contribution in [0.1, 0.15) is 6.42 Å². The van der Waals surface area contributed by atoms with Crippen molar-refractivity contribution in [3.8, 4) is 0 Å². The molecule has 0 saturated carbocycles. The molecule has 88 valence electrons. The Hall–Kier alpha value is -0.716. The van der Waals surface area contributed by atoms with Gasteiger partial charge in [-0.2, -0.15) is 0 Å². The summed E-state index contributed by atoms with van der Waals surface area (Å²) < 4.78 is 1.71. The molecule has 1 aromatic rings.